The van der Waals surface area contributed by atoms with Crippen LogP contribution in [0.5, 0.6) is 11.5 Å². The number of rotatable bonds is 2. The van der Waals surface area contributed by atoms with Crippen LogP contribution in [0.2, 0.25) is 0 Å². The number of aromatic nitrogens is 2. The highest BCUT2D eigenvalue weighted by Gasteiger charge is 2.31. The maximum absolute atomic E-state index is 6.14. The van der Waals surface area contributed by atoms with E-state index in [1.165, 1.54) is 21.3 Å². The molecule has 0 saturated heterocycles. The molecular formula is C26H16N4OS2. The van der Waals surface area contributed by atoms with Crippen LogP contribution in [-0.2, 0) is 0 Å². The molecule has 2 aliphatic rings. The van der Waals surface area contributed by atoms with Crippen LogP contribution in [0.4, 0.5) is 33.8 Å². The van der Waals surface area contributed by atoms with Crippen LogP contribution in [0.3, 0.4) is 0 Å². The molecule has 158 valence electrons. The predicted molar refractivity (Wildman–Crippen MR) is 133 cm³/mol. The predicted octanol–water partition coefficient (Wildman–Crippen LogP) is 8.05. The van der Waals surface area contributed by atoms with Gasteiger partial charge < -0.3 is 4.74 Å². The number of hydrogen-bond acceptors (Lipinski definition) is 7. The molecule has 5 aromatic rings. The lowest BCUT2D eigenvalue weighted by Crippen LogP contribution is -2.18. The number of nitrogens with zero attached hydrogens (tertiary/aromatic N) is 4. The van der Waals surface area contributed by atoms with Gasteiger partial charge in [0, 0.05) is 21.3 Å². The van der Waals surface area contributed by atoms with Crippen molar-refractivity contribution in [3.63, 3.8) is 0 Å². The third kappa shape index (κ3) is 2.93. The highest BCUT2D eigenvalue weighted by Crippen LogP contribution is 2.53. The fraction of sp³-hybridized carbons (Fsp3) is 0. The van der Waals surface area contributed by atoms with E-state index in [4.69, 9.17) is 14.1 Å². The van der Waals surface area contributed by atoms with Crippen molar-refractivity contribution in [2.45, 2.75) is 9.79 Å². The lowest BCUT2D eigenvalue weighted by Gasteiger charge is -2.31. The first-order chi connectivity index (χ1) is 16.4. The SMILES string of the molecule is c1ccc2c(c1)Oc1ccccc1N2c1nsc(N2c3ccccc3Sc3ccccc32)n1. The number of fused-ring (bicyclic) bond motifs is 4. The van der Waals surface area contributed by atoms with Gasteiger partial charge >= 0.3 is 0 Å². The first-order valence-electron chi connectivity index (χ1n) is 10.5. The van der Waals surface area contributed by atoms with Gasteiger partial charge in [-0.2, -0.15) is 9.36 Å². The Kier molecular flexibility index (Phi) is 4.18. The van der Waals surface area contributed by atoms with E-state index >= 15 is 0 Å². The summed E-state index contributed by atoms with van der Waals surface area (Å²) >= 11 is 3.18. The minimum atomic E-state index is 0.631. The zero-order valence-electron chi connectivity index (χ0n) is 17.3. The topological polar surface area (TPSA) is 41.5 Å². The first-order valence-corrected chi connectivity index (χ1v) is 12.1. The molecule has 0 amide bonds. The second-order valence-electron chi connectivity index (χ2n) is 7.62. The fourth-order valence-electron chi connectivity index (χ4n) is 4.22. The smallest absolute Gasteiger partial charge is 0.248 e. The Bertz CT molecular complexity index is 1310. The Morgan fingerprint density at radius 1 is 0.576 bits per heavy atom. The van der Waals surface area contributed by atoms with Gasteiger partial charge in [-0.05, 0) is 48.5 Å². The summed E-state index contributed by atoms with van der Waals surface area (Å²) in [6.45, 7) is 0. The van der Waals surface area contributed by atoms with E-state index in [0.29, 0.717) is 5.95 Å². The minimum absolute atomic E-state index is 0.631. The van der Waals surface area contributed by atoms with Gasteiger partial charge in [0.1, 0.15) is 0 Å². The number of para-hydroxylation sites is 6. The Balaban J connectivity index is 1.39. The molecule has 7 rings (SSSR count). The van der Waals surface area contributed by atoms with E-state index in [0.717, 1.165) is 39.4 Å². The highest BCUT2D eigenvalue weighted by molar-refractivity contribution is 7.99. The van der Waals surface area contributed by atoms with Crippen LogP contribution in [0.1, 0.15) is 0 Å². The van der Waals surface area contributed by atoms with Crippen molar-refractivity contribution in [2.24, 2.45) is 0 Å². The largest absolute Gasteiger partial charge is 0.453 e. The van der Waals surface area contributed by atoms with E-state index in [1.807, 2.05) is 48.5 Å². The summed E-state index contributed by atoms with van der Waals surface area (Å²) in [5.41, 5.74) is 4.09. The van der Waals surface area contributed by atoms with Gasteiger partial charge in [-0.25, -0.2) is 0 Å². The summed E-state index contributed by atoms with van der Waals surface area (Å²) in [4.78, 5) is 11.7. The second kappa shape index (κ2) is 7.37. The lowest BCUT2D eigenvalue weighted by molar-refractivity contribution is 0.476. The molecule has 0 aliphatic carbocycles. The van der Waals surface area contributed by atoms with Gasteiger partial charge in [-0.15, -0.1) is 0 Å². The average molecular weight is 465 g/mol. The Morgan fingerprint density at radius 2 is 1.09 bits per heavy atom. The number of hydrogen-bond donors (Lipinski definition) is 0. The number of ether oxygens (including phenoxy) is 1. The van der Waals surface area contributed by atoms with Crippen molar-refractivity contribution < 1.29 is 4.74 Å². The van der Waals surface area contributed by atoms with Crippen LogP contribution in [0.25, 0.3) is 0 Å². The molecule has 1 aromatic heterocycles. The summed E-state index contributed by atoms with van der Waals surface area (Å²) in [6, 6.07) is 32.8. The van der Waals surface area contributed by atoms with Crippen LogP contribution in [0.15, 0.2) is 107 Å². The normalized spacial score (nSPS) is 13.5. The standard InChI is InChI=1S/C26H16N4OS2/c1-5-13-21-17(9-1)29(18-10-2-6-14-22(18)31-21)25-27-26(33-28-25)30-19-11-3-7-15-23(19)32-24-16-8-4-12-20(24)30/h1-16H. The number of benzene rings is 4. The minimum Gasteiger partial charge on any atom is -0.453 e. The molecule has 0 unspecified atom stereocenters. The molecule has 0 saturated carbocycles. The van der Waals surface area contributed by atoms with Crippen molar-refractivity contribution in [3.8, 4) is 11.5 Å². The van der Waals surface area contributed by atoms with Crippen molar-refractivity contribution >= 4 is 57.1 Å². The molecule has 0 radical (unpaired) electrons. The molecule has 2 aliphatic heterocycles. The molecular weight excluding hydrogens is 448 g/mol. The van der Waals surface area contributed by atoms with E-state index < -0.39 is 0 Å². The summed E-state index contributed by atoms with van der Waals surface area (Å²) in [5.74, 6) is 2.21. The van der Waals surface area contributed by atoms with Gasteiger partial charge in [0.05, 0.1) is 22.7 Å². The van der Waals surface area contributed by atoms with Gasteiger partial charge in [0.15, 0.2) is 11.5 Å². The first kappa shape index (κ1) is 18.7. The molecule has 4 aromatic carbocycles. The van der Waals surface area contributed by atoms with E-state index in [9.17, 15) is 0 Å². The summed E-state index contributed by atoms with van der Waals surface area (Å²) in [7, 11) is 0. The lowest BCUT2D eigenvalue weighted by atomic mass is 10.2. The Labute approximate surface area is 199 Å². The third-order valence-electron chi connectivity index (χ3n) is 5.66. The van der Waals surface area contributed by atoms with Crippen LogP contribution in [0, 0.1) is 0 Å². The summed E-state index contributed by atoms with van der Waals surface area (Å²) in [5, 5.41) is 0.826. The van der Waals surface area contributed by atoms with E-state index in [2.05, 4.69) is 58.3 Å². The van der Waals surface area contributed by atoms with E-state index in [1.54, 1.807) is 11.8 Å². The summed E-state index contributed by atoms with van der Waals surface area (Å²) < 4.78 is 10.9. The quantitative estimate of drug-likeness (QED) is 0.258. The molecule has 7 heteroatoms. The van der Waals surface area contributed by atoms with Crippen molar-refractivity contribution in [1.82, 2.24) is 9.36 Å². The maximum atomic E-state index is 6.14. The Morgan fingerprint density at radius 3 is 1.70 bits per heavy atom. The zero-order valence-corrected chi connectivity index (χ0v) is 18.9. The number of anilines is 6. The van der Waals surface area contributed by atoms with E-state index in [-0.39, 0.29) is 0 Å². The van der Waals surface area contributed by atoms with Crippen LogP contribution in [-0.4, -0.2) is 9.36 Å². The second-order valence-corrected chi connectivity index (χ2v) is 9.44. The fourth-order valence-corrected chi connectivity index (χ4v) is 5.97. The van der Waals surface area contributed by atoms with Crippen molar-refractivity contribution in [2.75, 3.05) is 9.80 Å². The average Bonchev–Trinajstić information content (AvgIpc) is 3.35. The maximum Gasteiger partial charge on any atom is 0.248 e. The van der Waals surface area contributed by atoms with Gasteiger partial charge in [-0.1, -0.05) is 60.3 Å². The zero-order chi connectivity index (χ0) is 21.8. The van der Waals surface area contributed by atoms with Crippen molar-refractivity contribution in [1.29, 1.82) is 0 Å². The molecule has 33 heavy (non-hydrogen) atoms. The molecule has 5 nitrogen and oxygen atoms in total. The van der Waals surface area contributed by atoms with Crippen LogP contribution >= 0.6 is 23.3 Å². The molecule has 0 spiro atoms. The molecule has 3 heterocycles. The monoisotopic (exact) mass is 464 g/mol. The van der Waals surface area contributed by atoms with Crippen LogP contribution < -0.4 is 14.5 Å². The van der Waals surface area contributed by atoms with Gasteiger partial charge in [-0.3, -0.25) is 9.80 Å². The van der Waals surface area contributed by atoms with Gasteiger partial charge in [0.2, 0.25) is 11.1 Å². The highest BCUT2D eigenvalue weighted by atomic mass is 32.2. The van der Waals surface area contributed by atoms with Gasteiger partial charge in [0.25, 0.3) is 0 Å². The molecule has 0 N–H and O–H groups in total. The third-order valence-corrected chi connectivity index (χ3v) is 7.48. The molecule has 0 fully saturated rings. The Hall–Kier alpha value is -3.81. The molecule has 0 atom stereocenters. The molecule has 0 bridgehead atoms. The van der Waals surface area contributed by atoms with Crippen molar-refractivity contribution in [3.05, 3.63) is 97.1 Å². The summed E-state index contributed by atoms with van der Waals surface area (Å²) in [6.07, 6.45) is 0.